The molecule has 3 aliphatic rings. The maximum Gasteiger partial charge on any atom is 0.122 e. The summed E-state index contributed by atoms with van der Waals surface area (Å²) in [5.41, 5.74) is 4.32. The zero-order chi connectivity index (χ0) is 23.9. The van der Waals surface area contributed by atoms with Gasteiger partial charge in [-0.1, -0.05) is 68.2 Å². The lowest BCUT2D eigenvalue weighted by Gasteiger charge is -2.34. The zero-order valence-corrected chi connectivity index (χ0v) is 21.8. The Balaban J connectivity index is 1.49. The molecular weight excluding hydrogens is 439 g/mol. The van der Waals surface area contributed by atoms with Gasteiger partial charge in [0, 0.05) is 6.54 Å². The van der Waals surface area contributed by atoms with Gasteiger partial charge in [-0.3, -0.25) is 5.01 Å². The number of hydrazone groups is 1. The van der Waals surface area contributed by atoms with Gasteiger partial charge >= 0.3 is 0 Å². The van der Waals surface area contributed by atoms with E-state index in [0.717, 1.165) is 47.9 Å². The smallest absolute Gasteiger partial charge is 0.122 e. The van der Waals surface area contributed by atoms with Crippen LogP contribution in [0.3, 0.4) is 0 Å². The van der Waals surface area contributed by atoms with Crippen molar-refractivity contribution in [3.05, 3.63) is 71.6 Å². The van der Waals surface area contributed by atoms with E-state index in [1.807, 2.05) is 17.8 Å². The molecule has 34 heavy (non-hydrogen) atoms. The largest absolute Gasteiger partial charge is 0.282 e. The second-order valence-electron chi connectivity index (χ2n) is 10.3. The van der Waals surface area contributed by atoms with Crippen LogP contribution >= 0.6 is 11.8 Å². The van der Waals surface area contributed by atoms with Crippen LogP contribution in [0.15, 0.2) is 71.1 Å². The lowest BCUT2D eigenvalue weighted by Crippen LogP contribution is -2.36. The molecule has 184 valence electrons. The number of hydrogen-bond donors (Lipinski definition) is 0. The SMILES string of the molecule is C=C(C)CCCC1CCC(CN2N=C(c3ccccc3)C(C3=CCCC=C3F)C2SCC)CC1. The molecule has 2 unspecified atom stereocenters. The molecule has 2 nitrogen and oxygen atoms in total. The summed E-state index contributed by atoms with van der Waals surface area (Å²) < 4.78 is 15.1. The van der Waals surface area contributed by atoms with E-state index in [-0.39, 0.29) is 17.1 Å². The molecule has 0 saturated heterocycles. The molecule has 0 radical (unpaired) electrons. The molecule has 1 heterocycles. The number of allylic oxidation sites excluding steroid dienone is 4. The molecule has 1 aliphatic heterocycles. The summed E-state index contributed by atoms with van der Waals surface area (Å²) in [6.45, 7) is 9.38. The van der Waals surface area contributed by atoms with Gasteiger partial charge in [0.15, 0.2) is 0 Å². The van der Waals surface area contributed by atoms with Gasteiger partial charge in [0.25, 0.3) is 0 Å². The van der Waals surface area contributed by atoms with E-state index in [9.17, 15) is 0 Å². The van der Waals surface area contributed by atoms with E-state index in [4.69, 9.17) is 5.10 Å². The summed E-state index contributed by atoms with van der Waals surface area (Å²) in [4.78, 5) is 0. The van der Waals surface area contributed by atoms with Gasteiger partial charge in [0.2, 0.25) is 0 Å². The fourth-order valence-corrected chi connectivity index (χ4v) is 6.92. The molecule has 1 saturated carbocycles. The topological polar surface area (TPSA) is 15.6 Å². The highest BCUT2D eigenvalue weighted by Crippen LogP contribution is 2.43. The van der Waals surface area contributed by atoms with E-state index < -0.39 is 0 Å². The Morgan fingerprint density at radius 1 is 1.09 bits per heavy atom. The molecule has 1 fully saturated rings. The molecule has 0 aromatic heterocycles. The normalized spacial score (nSPS) is 27.3. The van der Waals surface area contributed by atoms with Crippen molar-refractivity contribution in [2.45, 2.75) is 77.0 Å². The van der Waals surface area contributed by atoms with E-state index in [2.05, 4.69) is 55.8 Å². The minimum absolute atomic E-state index is 0.0117. The second-order valence-corrected chi connectivity index (χ2v) is 11.7. The third-order valence-electron chi connectivity index (χ3n) is 7.61. The van der Waals surface area contributed by atoms with Gasteiger partial charge < -0.3 is 0 Å². The first kappa shape index (κ1) is 25.3. The minimum Gasteiger partial charge on any atom is -0.282 e. The quantitative estimate of drug-likeness (QED) is 0.312. The van der Waals surface area contributed by atoms with Crippen molar-refractivity contribution in [1.29, 1.82) is 0 Å². The molecule has 1 aromatic carbocycles. The van der Waals surface area contributed by atoms with Crippen molar-refractivity contribution in [1.82, 2.24) is 5.01 Å². The average molecular weight is 481 g/mol. The Hall–Kier alpha value is -1.81. The van der Waals surface area contributed by atoms with E-state index in [1.165, 1.54) is 50.5 Å². The van der Waals surface area contributed by atoms with Crippen LogP contribution in [-0.2, 0) is 0 Å². The van der Waals surface area contributed by atoms with Crippen molar-refractivity contribution in [2.75, 3.05) is 12.3 Å². The lowest BCUT2D eigenvalue weighted by molar-refractivity contribution is 0.176. The first-order chi connectivity index (χ1) is 16.6. The van der Waals surface area contributed by atoms with Crippen LogP contribution in [0.2, 0.25) is 0 Å². The minimum atomic E-state index is -0.0429. The maximum atomic E-state index is 15.1. The van der Waals surface area contributed by atoms with Crippen LogP contribution in [0.25, 0.3) is 0 Å². The first-order valence-corrected chi connectivity index (χ1v) is 14.3. The van der Waals surface area contributed by atoms with Crippen LogP contribution in [0.1, 0.15) is 77.2 Å². The molecule has 0 amide bonds. The number of thioether (sulfide) groups is 1. The maximum absolute atomic E-state index is 15.1. The van der Waals surface area contributed by atoms with E-state index >= 15 is 4.39 Å². The molecule has 0 spiro atoms. The summed E-state index contributed by atoms with van der Waals surface area (Å²) in [6.07, 6.45) is 14.6. The lowest BCUT2D eigenvalue weighted by atomic mass is 9.79. The number of hydrogen-bond acceptors (Lipinski definition) is 3. The Labute approximate surface area is 210 Å². The van der Waals surface area contributed by atoms with Crippen molar-refractivity contribution >= 4 is 17.5 Å². The molecule has 2 atom stereocenters. The fraction of sp³-hybridized carbons (Fsp3) is 0.567. The van der Waals surface area contributed by atoms with Crippen molar-refractivity contribution < 1.29 is 4.39 Å². The highest BCUT2D eigenvalue weighted by molar-refractivity contribution is 7.99. The van der Waals surface area contributed by atoms with Crippen molar-refractivity contribution in [3.8, 4) is 0 Å². The van der Waals surface area contributed by atoms with Crippen molar-refractivity contribution in [3.63, 3.8) is 0 Å². The summed E-state index contributed by atoms with van der Waals surface area (Å²) >= 11 is 1.92. The van der Waals surface area contributed by atoms with Gasteiger partial charge in [-0.15, -0.1) is 18.3 Å². The van der Waals surface area contributed by atoms with E-state index in [1.54, 1.807) is 6.08 Å². The molecule has 1 aromatic rings. The number of rotatable bonds is 10. The highest BCUT2D eigenvalue weighted by Gasteiger charge is 2.42. The van der Waals surface area contributed by atoms with Crippen LogP contribution in [0, 0.1) is 17.8 Å². The zero-order valence-electron chi connectivity index (χ0n) is 21.0. The Bertz CT molecular complexity index is 911. The molecule has 4 heteroatoms. The van der Waals surface area contributed by atoms with Gasteiger partial charge in [0.05, 0.1) is 11.6 Å². The summed E-state index contributed by atoms with van der Waals surface area (Å²) in [6, 6.07) is 10.4. The van der Waals surface area contributed by atoms with Gasteiger partial charge in [-0.25, -0.2) is 4.39 Å². The van der Waals surface area contributed by atoms with E-state index in [0.29, 0.717) is 5.92 Å². The van der Waals surface area contributed by atoms with Crippen molar-refractivity contribution in [2.24, 2.45) is 22.9 Å². The first-order valence-electron chi connectivity index (χ1n) is 13.3. The Kier molecular flexibility index (Phi) is 9.10. The summed E-state index contributed by atoms with van der Waals surface area (Å²) in [5, 5.41) is 7.71. The molecule has 4 rings (SSSR count). The van der Waals surface area contributed by atoms with Gasteiger partial charge in [0.1, 0.15) is 11.2 Å². The predicted molar refractivity (Wildman–Crippen MR) is 146 cm³/mol. The van der Waals surface area contributed by atoms with Crippen LogP contribution in [0.5, 0.6) is 0 Å². The Morgan fingerprint density at radius 2 is 1.79 bits per heavy atom. The molecule has 0 N–H and O–H groups in total. The Morgan fingerprint density at radius 3 is 2.47 bits per heavy atom. The fourth-order valence-electron chi connectivity index (χ4n) is 5.81. The predicted octanol–water partition coefficient (Wildman–Crippen LogP) is 8.53. The second kappa shape index (κ2) is 12.2. The summed E-state index contributed by atoms with van der Waals surface area (Å²) in [7, 11) is 0. The summed E-state index contributed by atoms with van der Waals surface area (Å²) in [5.74, 6) is 2.50. The average Bonchev–Trinajstić information content (AvgIpc) is 3.19. The van der Waals surface area contributed by atoms with Gasteiger partial charge in [-0.05, 0) is 80.2 Å². The van der Waals surface area contributed by atoms with Crippen LogP contribution in [-0.4, -0.2) is 28.4 Å². The molecular formula is C30H41FN2S. The van der Waals surface area contributed by atoms with Crippen LogP contribution in [0.4, 0.5) is 4.39 Å². The standard InChI is InChI=1S/C30H41FN2S/c1-4-34-30-28(26-15-8-9-16-27(26)31)29(25-13-6-5-7-14-25)32-33(30)21-24-19-17-23(18-20-24)12-10-11-22(2)3/h5-7,13-16,23-24,28,30H,2,4,8-12,17-21H2,1,3H3. The highest BCUT2D eigenvalue weighted by atomic mass is 32.2. The van der Waals surface area contributed by atoms with Gasteiger partial charge in [-0.2, -0.15) is 5.10 Å². The third kappa shape index (κ3) is 6.24. The number of halogens is 1. The monoisotopic (exact) mass is 480 g/mol. The molecule has 2 aliphatic carbocycles. The van der Waals surface area contributed by atoms with Crippen LogP contribution < -0.4 is 0 Å². The third-order valence-corrected chi connectivity index (χ3v) is 8.80. The molecule has 0 bridgehead atoms. The number of benzene rings is 1. The number of nitrogens with zero attached hydrogens (tertiary/aromatic N) is 2.